The second kappa shape index (κ2) is 7.64. The Balaban J connectivity index is 1.48. The van der Waals surface area contributed by atoms with Gasteiger partial charge in [-0.1, -0.05) is 35.9 Å². The van der Waals surface area contributed by atoms with Crippen LogP contribution in [-0.2, 0) is 0 Å². The van der Waals surface area contributed by atoms with Crippen LogP contribution in [0.3, 0.4) is 0 Å². The lowest BCUT2D eigenvalue weighted by Gasteiger charge is -2.08. The number of hydrogen-bond acceptors (Lipinski definition) is 5. The van der Waals surface area contributed by atoms with E-state index >= 15 is 0 Å². The van der Waals surface area contributed by atoms with Gasteiger partial charge in [-0.05, 0) is 31.2 Å². The molecule has 0 radical (unpaired) electrons. The lowest BCUT2D eigenvalue weighted by atomic mass is 10.2. The van der Waals surface area contributed by atoms with Crippen LogP contribution in [0.15, 0.2) is 64.4 Å². The molecule has 9 heteroatoms. The van der Waals surface area contributed by atoms with Crippen molar-refractivity contribution in [2.24, 2.45) is 0 Å². The number of aryl methyl sites for hydroxylation is 1. The Labute approximate surface area is 184 Å². The number of benzene rings is 2. The van der Waals surface area contributed by atoms with E-state index in [0.29, 0.717) is 28.1 Å². The highest BCUT2D eigenvalue weighted by Gasteiger charge is 2.20. The second-order valence-electron chi connectivity index (χ2n) is 6.80. The number of nitrogens with zero attached hydrogens (tertiary/aromatic N) is 3. The number of carbonyl (C=O) groups is 1. The Bertz CT molecular complexity index is 1390. The van der Waals surface area contributed by atoms with Gasteiger partial charge in [0.2, 0.25) is 5.13 Å². The zero-order valence-corrected chi connectivity index (χ0v) is 17.7. The summed E-state index contributed by atoms with van der Waals surface area (Å²) in [6, 6.07) is 15.4. The Morgan fingerprint density at radius 2 is 2.03 bits per heavy atom. The summed E-state index contributed by atoms with van der Waals surface area (Å²) in [6.45, 7) is 1.79. The average molecular weight is 453 g/mol. The number of furan rings is 1. The summed E-state index contributed by atoms with van der Waals surface area (Å²) >= 11 is 7.36. The quantitative estimate of drug-likeness (QED) is 0.358. The molecule has 1 N–H and O–H groups in total. The van der Waals surface area contributed by atoms with Crippen LogP contribution >= 0.6 is 22.9 Å². The first-order valence-corrected chi connectivity index (χ1v) is 10.5. The topological polar surface area (TPSA) is 73.0 Å². The predicted octanol–water partition coefficient (Wildman–Crippen LogP) is 6.10. The minimum atomic E-state index is -0.700. The van der Waals surface area contributed by atoms with Gasteiger partial charge < -0.3 is 9.73 Å². The number of aromatic nitrogens is 3. The summed E-state index contributed by atoms with van der Waals surface area (Å²) in [6.07, 6.45) is 0. The summed E-state index contributed by atoms with van der Waals surface area (Å²) in [5, 5.41) is 10.5. The highest BCUT2D eigenvalue weighted by Crippen LogP contribution is 2.31. The van der Waals surface area contributed by atoms with Crippen molar-refractivity contribution in [3.63, 3.8) is 0 Å². The molecule has 0 saturated heterocycles. The van der Waals surface area contributed by atoms with Crippen LogP contribution in [0.2, 0.25) is 5.02 Å². The zero-order chi connectivity index (χ0) is 21.5. The Kier molecular flexibility index (Phi) is 4.80. The highest BCUT2D eigenvalue weighted by atomic mass is 35.5. The van der Waals surface area contributed by atoms with Crippen LogP contribution in [0, 0.1) is 12.7 Å². The average Bonchev–Trinajstić information content (AvgIpc) is 3.45. The molecule has 1 amide bonds. The first-order valence-electron chi connectivity index (χ1n) is 9.26. The van der Waals surface area contributed by atoms with Gasteiger partial charge in [0.15, 0.2) is 5.76 Å². The second-order valence-corrected chi connectivity index (χ2v) is 8.04. The molecule has 0 aliphatic carbocycles. The van der Waals surface area contributed by atoms with Gasteiger partial charge in [-0.25, -0.2) is 9.37 Å². The van der Waals surface area contributed by atoms with Crippen molar-refractivity contribution in [1.29, 1.82) is 0 Å². The molecule has 0 spiro atoms. The maximum absolute atomic E-state index is 14.1. The molecule has 0 unspecified atom stereocenters. The number of halogens is 2. The lowest BCUT2D eigenvalue weighted by Crippen LogP contribution is -2.17. The highest BCUT2D eigenvalue weighted by molar-refractivity contribution is 7.12. The molecular formula is C22H14ClFN4O2S. The Morgan fingerprint density at radius 3 is 2.84 bits per heavy atom. The van der Waals surface area contributed by atoms with Crippen molar-refractivity contribution < 1.29 is 13.6 Å². The van der Waals surface area contributed by atoms with Gasteiger partial charge >= 0.3 is 0 Å². The summed E-state index contributed by atoms with van der Waals surface area (Å²) in [5.41, 5.74) is 1.86. The van der Waals surface area contributed by atoms with Crippen molar-refractivity contribution in [2.45, 2.75) is 6.92 Å². The molecule has 154 valence electrons. The van der Waals surface area contributed by atoms with Gasteiger partial charge in [0, 0.05) is 16.8 Å². The number of fused-ring (bicyclic) bond motifs is 1. The fourth-order valence-corrected chi connectivity index (χ4v) is 4.24. The molecule has 0 saturated carbocycles. The molecule has 0 bridgehead atoms. The van der Waals surface area contributed by atoms with Gasteiger partial charge in [-0.15, -0.1) is 11.3 Å². The number of rotatable bonds is 4. The van der Waals surface area contributed by atoms with Gasteiger partial charge in [-0.3, -0.25) is 4.79 Å². The fourth-order valence-electron chi connectivity index (χ4n) is 3.21. The van der Waals surface area contributed by atoms with E-state index in [-0.39, 0.29) is 10.6 Å². The van der Waals surface area contributed by atoms with Crippen molar-refractivity contribution in [3.8, 4) is 16.6 Å². The molecule has 0 fully saturated rings. The standard InChI is InChI=1S/C22H14ClFN4O2S/c1-12-9-19(26-21(29)20-14(23)6-4-7-15(20)24)28(27-12)22-25-16(11-31-22)18-10-13-5-2-3-8-17(13)30-18/h2-11H,1H3,(H,26,29). The van der Waals surface area contributed by atoms with E-state index in [9.17, 15) is 9.18 Å². The van der Waals surface area contributed by atoms with Crippen LogP contribution in [0.1, 0.15) is 16.1 Å². The Hall–Kier alpha value is -3.49. The zero-order valence-electron chi connectivity index (χ0n) is 16.1. The van der Waals surface area contributed by atoms with Crippen LogP contribution in [0.5, 0.6) is 0 Å². The molecule has 3 aromatic heterocycles. The summed E-state index contributed by atoms with van der Waals surface area (Å²) in [4.78, 5) is 17.3. The summed E-state index contributed by atoms with van der Waals surface area (Å²) in [5.74, 6) is -0.379. The van der Waals surface area contributed by atoms with E-state index < -0.39 is 11.7 Å². The van der Waals surface area contributed by atoms with E-state index in [4.69, 9.17) is 16.0 Å². The molecular weight excluding hydrogens is 439 g/mol. The molecule has 0 aliphatic rings. The molecule has 5 rings (SSSR count). The smallest absolute Gasteiger partial charge is 0.261 e. The molecule has 0 atom stereocenters. The molecule has 2 aromatic carbocycles. The van der Waals surface area contributed by atoms with Crippen molar-refractivity contribution in [2.75, 3.05) is 5.32 Å². The number of nitrogens with one attached hydrogen (secondary N) is 1. The maximum Gasteiger partial charge on any atom is 0.261 e. The minimum absolute atomic E-state index is 0.0294. The lowest BCUT2D eigenvalue weighted by molar-refractivity contribution is 0.102. The number of anilines is 1. The van der Waals surface area contributed by atoms with Crippen molar-refractivity contribution in [3.05, 3.63) is 82.1 Å². The number of carbonyl (C=O) groups excluding carboxylic acids is 1. The van der Waals surface area contributed by atoms with Crippen LogP contribution in [-0.4, -0.2) is 20.7 Å². The maximum atomic E-state index is 14.1. The molecule has 6 nitrogen and oxygen atoms in total. The van der Waals surface area contributed by atoms with Crippen molar-refractivity contribution in [1.82, 2.24) is 14.8 Å². The van der Waals surface area contributed by atoms with E-state index in [2.05, 4.69) is 15.4 Å². The summed E-state index contributed by atoms with van der Waals surface area (Å²) < 4.78 is 21.5. The third-order valence-corrected chi connectivity index (χ3v) is 5.75. The number of thiazole rings is 1. The van der Waals surface area contributed by atoms with Crippen LogP contribution in [0.4, 0.5) is 10.2 Å². The third-order valence-electron chi connectivity index (χ3n) is 4.61. The molecule has 31 heavy (non-hydrogen) atoms. The van der Waals surface area contributed by atoms with E-state index in [0.717, 1.165) is 11.0 Å². The van der Waals surface area contributed by atoms with Crippen molar-refractivity contribution >= 4 is 45.6 Å². The minimum Gasteiger partial charge on any atom is -0.454 e. The predicted molar refractivity (Wildman–Crippen MR) is 119 cm³/mol. The summed E-state index contributed by atoms with van der Waals surface area (Å²) in [7, 11) is 0. The van der Waals surface area contributed by atoms with Gasteiger partial charge in [0.25, 0.3) is 5.91 Å². The first-order chi connectivity index (χ1) is 15.0. The van der Waals surface area contributed by atoms with Crippen LogP contribution in [0.25, 0.3) is 27.6 Å². The largest absolute Gasteiger partial charge is 0.454 e. The van der Waals surface area contributed by atoms with Crippen LogP contribution < -0.4 is 5.32 Å². The van der Waals surface area contributed by atoms with E-state index in [1.807, 2.05) is 35.7 Å². The molecule has 3 heterocycles. The van der Waals surface area contributed by atoms with Gasteiger partial charge in [0.1, 0.15) is 22.9 Å². The molecule has 5 aromatic rings. The SMILES string of the molecule is Cc1cc(NC(=O)c2c(F)cccc2Cl)n(-c2nc(-c3cc4ccccc4o3)cs2)n1. The normalized spacial score (nSPS) is 11.2. The molecule has 0 aliphatic heterocycles. The third kappa shape index (κ3) is 3.60. The number of amides is 1. The number of para-hydroxylation sites is 1. The van der Waals surface area contributed by atoms with E-state index in [1.54, 1.807) is 13.0 Å². The fraction of sp³-hybridized carbons (Fsp3) is 0.0455. The Morgan fingerprint density at radius 1 is 1.19 bits per heavy atom. The van der Waals surface area contributed by atoms with Gasteiger partial charge in [0.05, 0.1) is 16.3 Å². The van der Waals surface area contributed by atoms with Gasteiger partial charge in [-0.2, -0.15) is 9.78 Å². The number of hydrogen-bond donors (Lipinski definition) is 1. The monoisotopic (exact) mass is 452 g/mol. The van der Waals surface area contributed by atoms with E-state index in [1.165, 1.54) is 34.2 Å². The first kappa shape index (κ1) is 19.5.